The molecular weight excluding hydrogens is 468 g/mol. The second-order valence-electron chi connectivity index (χ2n) is 7.32. The Morgan fingerprint density at radius 1 is 0.829 bits per heavy atom. The molecule has 178 valence electrons. The van der Waals surface area contributed by atoms with E-state index in [1.54, 1.807) is 42.5 Å². The van der Waals surface area contributed by atoms with Crippen molar-refractivity contribution >= 4 is 33.0 Å². The molecule has 0 radical (unpaired) electrons. The summed E-state index contributed by atoms with van der Waals surface area (Å²) >= 11 is 0. The Labute approximate surface area is 202 Å². The van der Waals surface area contributed by atoms with Crippen LogP contribution in [0.5, 0.6) is 17.2 Å². The molecule has 4 aromatic carbocycles. The summed E-state index contributed by atoms with van der Waals surface area (Å²) in [6, 6.07) is 23.4. The second-order valence-corrected chi connectivity index (χ2v) is 8.98. The first kappa shape index (κ1) is 23.8. The van der Waals surface area contributed by atoms with Gasteiger partial charge in [-0.2, -0.15) is 13.5 Å². The van der Waals surface area contributed by atoms with Gasteiger partial charge in [0.15, 0.2) is 11.5 Å². The number of sulfonamides is 1. The molecule has 0 amide bonds. The molecule has 4 aromatic rings. The van der Waals surface area contributed by atoms with Crippen LogP contribution in [-0.4, -0.2) is 34.8 Å². The summed E-state index contributed by atoms with van der Waals surface area (Å²) in [5, 5.41) is 5.54. The first-order chi connectivity index (χ1) is 16.9. The average molecular weight is 491 g/mol. The third-order valence-electron chi connectivity index (χ3n) is 5.17. The Bertz CT molecular complexity index is 1500. The number of ether oxygens (including phenoxy) is 3. The van der Waals surface area contributed by atoms with Crippen LogP contribution >= 0.6 is 0 Å². The minimum Gasteiger partial charge on any atom is -0.493 e. The van der Waals surface area contributed by atoms with Gasteiger partial charge in [0.2, 0.25) is 0 Å². The molecule has 35 heavy (non-hydrogen) atoms. The lowest BCUT2D eigenvalue weighted by atomic mass is 10.0. The lowest BCUT2D eigenvalue weighted by Crippen LogP contribution is -2.18. The maximum Gasteiger partial charge on any atom is 0.343 e. The highest BCUT2D eigenvalue weighted by Crippen LogP contribution is 2.30. The summed E-state index contributed by atoms with van der Waals surface area (Å²) in [5.41, 5.74) is 0.691. The zero-order valence-electron chi connectivity index (χ0n) is 19.0. The molecule has 0 unspecified atom stereocenters. The van der Waals surface area contributed by atoms with Gasteiger partial charge in [0, 0.05) is 5.56 Å². The predicted octanol–water partition coefficient (Wildman–Crippen LogP) is 4.39. The SMILES string of the molecule is COc1ccc(C(=O)Oc2ccc3ccccc3c2/C=N/NS(=O)(=O)c2ccccc2)cc1OC. The Morgan fingerprint density at radius 3 is 2.26 bits per heavy atom. The smallest absolute Gasteiger partial charge is 0.343 e. The van der Waals surface area contributed by atoms with Gasteiger partial charge in [-0.1, -0.05) is 48.5 Å². The number of benzene rings is 4. The van der Waals surface area contributed by atoms with Crippen molar-refractivity contribution in [3.05, 3.63) is 96.1 Å². The molecule has 0 fully saturated rings. The molecule has 0 spiro atoms. The van der Waals surface area contributed by atoms with E-state index in [2.05, 4.69) is 9.93 Å². The van der Waals surface area contributed by atoms with Crippen molar-refractivity contribution in [1.29, 1.82) is 0 Å². The Hall–Kier alpha value is -4.37. The third-order valence-corrected chi connectivity index (χ3v) is 6.41. The fraction of sp³-hybridized carbons (Fsp3) is 0.0769. The first-order valence-corrected chi connectivity index (χ1v) is 12.0. The van der Waals surface area contributed by atoms with Crippen LogP contribution < -0.4 is 19.0 Å². The first-order valence-electron chi connectivity index (χ1n) is 10.5. The van der Waals surface area contributed by atoms with Gasteiger partial charge < -0.3 is 14.2 Å². The van der Waals surface area contributed by atoms with E-state index < -0.39 is 16.0 Å². The number of carbonyl (C=O) groups excluding carboxylic acids is 1. The average Bonchev–Trinajstić information content (AvgIpc) is 2.89. The highest BCUT2D eigenvalue weighted by Gasteiger charge is 2.17. The van der Waals surface area contributed by atoms with E-state index in [4.69, 9.17) is 14.2 Å². The van der Waals surface area contributed by atoms with E-state index in [9.17, 15) is 13.2 Å². The number of nitrogens with one attached hydrogen (secondary N) is 1. The van der Waals surface area contributed by atoms with Crippen molar-refractivity contribution in [2.45, 2.75) is 4.90 Å². The molecule has 4 rings (SSSR count). The van der Waals surface area contributed by atoms with Gasteiger partial charge >= 0.3 is 5.97 Å². The van der Waals surface area contributed by atoms with E-state index in [1.807, 2.05) is 24.3 Å². The molecule has 8 nitrogen and oxygen atoms in total. The molecule has 0 aliphatic heterocycles. The lowest BCUT2D eigenvalue weighted by molar-refractivity contribution is 0.0734. The predicted molar refractivity (Wildman–Crippen MR) is 133 cm³/mol. The largest absolute Gasteiger partial charge is 0.493 e. The molecule has 0 aromatic heterocycles. The summed E-state index contributed by atoms with van der Waals surface area (Å²) < 4.78 is 41.2. The maximum atomic E-state index is 12.9. The fourth-order valence-electron chi connectivity index (χ4n) is 3.43. The van der Waals surface area contributed by atoms with Crippen molar-refractivity contribution in [3.63, 3.8) is 0 Å². The number of hydrogen-bond acceptors (Lipinski definition) is 7. The van der Waals surface area contributed by atoms with Crippen LogP contribution in [0.4, 0.5) is 0 Å². The summed E-state index contributed by atoms with van der Waals surface area (Å²) in [4.78, 5) is 15.2. The van der Waals surface area contributed by atoms with E-state index >= 15 is 0 Å². The van der Waals surface area contributed by atoms with Crippen LogP contribution in [0.1, 0.15) is 15.9 Å². The molecule has 0 bridgehead atoms. The van der Waals surface area contributed by atoms with Crippen LogP contribution in [0.2, 0.25) is 0 Å². The number of hydrazone groups is 1. The molecule has 0 saturated heterocycles. The number of nitrogens with zero attached hydrogens (tertiary/aromatic N) is 1. The monoisotopic (exact) mass is 490 g/mol. The minimum absolute atomic E-state index is 0.0789. The number of hydrogen-bond donors (Lipinski definition) is 1. The van der Waals surface area contributed by atoms with Crippen LogP contribution in [0.25, 0.3) is 10.8 Å². The van der Waals surface area contributed by atoms with Gasteiger partial charge in [-0.15, -0.1) is 0 Å². The van der Waals surface area contributed by atoms with Crippen molar-refractivity contribution in [1.82, 2.24) is 4.83 Å². The van der Waals surface area contributed by atoms with Gasteiger partial charge in [-0.3, -0.25) is 0 Å². The molecule has 0 aliphatic rings. The zero-order chi connectivity index (χ0) is 24.8. The topological polar surface area (TPSA) is 103 Å². The summed E-state index contributed by atoms with van der Waals surface area (Å²) in [7, 11) is -0.882. The standard InChI is InChI=1S/C26H22N2O6S/c1-32-24-15-13-19(16-25(24)33-2)26(29)34-23-14-12-18-8-6-7-11-21(18)22(23)17-27-28-35(30,31)20-9-4-3-5-10-20/h3-17,28H,1-2H3/b27-17+. The minimum atomic E-state index is -3.86. The number of rotatable bonds is 8. The molecular formula is C26H22N2O6S. The second kappa shape index (κ2) is 10.3. The van der Waals surface area contributed by atoms with Crippen molar-refractivity contribution in [2.24, 2.45) is 5.10 Å². The number of fused-ring (bicyclic) bond motifs is 1. The summed E-state index contributed by atoms with van der Waals surface area (Å²) in [6.07, 6.45) is 1.32. The molecule has 0 aliphatic carbocycles. The van der Waals surface area contributed by atoms with Crippen molar-refractivity contribution < 1.29 is 27.4 Å². The highest BCUT2D eigenvalue weighted by molar-refractivity contribution is 7.89. The maximum absolute atomic E-state index is 12.9. The number of methoxy groups -OCH3 is 2. The fourth-order valence-corrected chi connectivity index (χ4v) is 4.24. The Morgan fingerprint density at radius 2 is 1.51 bits per heavy atom. The summed E-state index contributed by atoms with van der Waals surface area (Å²) in [5.74, 6) is 0.456. The Balaban J connectivity index is 1.66. The molecule has 0 saturated carbocycles. The lowest BCUT2D eigenvalue weighted by Gasteiger charge is -2.12. The van der Waals surface area contributed by atoms with Crippen LogP contribution in [0.15, 0.2) is 94.9 Å². The zero-order valence-corrected chi connectivity index (χ0v) is 19.8. The van der Waals surface area contributed by atoms with Crippen LogP contribution in [0, 0.1) is 0 Å². The van der Waals surface area contributed by atoms with Gasteiger partial charge in [-0.25, -0.2) is 9.63 Å². The quantitative estimate of drug-likeness (QED) is 0.170. The molecule has 0 heterocycles. The number of esters is 1. The van der Waals surface area contributed by atoms with E-state index in [0.29, 0.717) is 17.1 Å². The van der Waals surface area contributed by atoms with Gasteiger partial charge in [-0.05, 0) is 47.2 Å². The summed E-state index contributed by atoms with van der Waals surface area (Å²) in [6.45, 7) is 0. The molecule has 9 heteroatoms. The van der Waals surface area contributed by atoms with E-state index in [1.165, 1.54) is 38.6 Å². The van der Waals surface area contributed by atoms with E-state index in [0.717, 1.165) is 10.8 Å². The molecule has 1 N–H and O–H groups in total. The van der Waals surface area contributed by atoms with Crippen molar-refractivity contribution in [3.8, 4) is 17.2 Å². The van der Waals surface area contributed by atoms with Gasteiger partial charge in [0.05, 0.1) is 30.9 Å². The van der Waals surface area contributed by atoms with Crippen LogP contribution in [0.3, 0.4) is 0 Å². The van der Waals surface area contributed by atoms with Crippen molar-refractivity contribution in [2.75, 3.05) is 14.2 Å². The van der Waals surface area contributed by atoms with Crippen LogP contribution in [-0.2, 0) is 10.0 Å². The molecule has 0 atom stereocenters. The van der Waals surface area contributed by atoms with Gasteiger partial charge in [0.25, 0.3) is 10.0 Å². The van der Waals surface area contributed by atoms with Gasteiger partial charge in [0.1, 0.15) is 5.75 Å². The third kappa shape index (κ3) is 5.25. The Kier molecular flexibility index (Phi) is 6.98. The normalized spacial score (nSPS) is 11.4. The number of carbonyl (C=O) groups is 1. The van der Waals surface area contributed by atoms with E-state index in [-0.39, 0.29) is 16.2 Å². The highest BCUT2D eigenvalue weighted by atomic mass is 32.2.